The maximum absolute atomic E-state index is 12.5. The maximum Gasteiger partial charge on any atom is 0.321 e. The summed E-state index contributed by atoms with van der Waals surface area (Å²) in [6.45, 7) is 3.57. The number of carbonyl (C=O) groups is 2. The third kappa shape index (κ3) is 6.17. The van der Waals surface area contributed by atoms with Crippen LogP contribution in [-0.4, -0.2) is 37.5 Å². The van der Waals surface area contributed by atoms with E-state index in [1.807, 2.05) is 30.3 Å². The zero-order valence-electron chi connectivity index (χ0n) is 15.8. The molecule has 0 bridgehead atoms. The third-order valence-electron chi connectivity index (χ3n) is 3.98. The maximum atomic E-state index is 12.5. The van der Waals surface area contributed by atoms with E-state index in [4.69, 9.17) is 0 Å². The number of hydrogen-bond donors (Lipinski definition) is 3. The van der Waals surface area contributed by atoms with Crippen molar-refractivity contribution in [2.24, 2.45) is 0 Å². The fourth-order valence-corrected chi connectivity index (χ4v) is 3.84. The van der Waals surface area contributed by atoms with Crippen molar-refractivity contribution in [1.82, 2.24) is 10.0 Å². The second kappa shape index (κ2) is 9.48. The summed E-state index contributed by atoms with van der Waals surface area (Å²) in [5.41, 5.74) is 1.79. The molecular weight excluding hydrogens is 380 g/mol. The molecular formula is C20H24N2O5S. The van der Waals surface area contributed by atoms with E-state index in [-0.39, 0.29) is 29.7 Å². The molecule has 1 amide bonds. The molecule has 2 aromatic carbocycles. The molecule has 0 aliphatic rings. The van der Waals surface area contributed by atoms with Gasteiger partial charge in [-0.3, -0.25) is 9.59 Å². The SMILES string of the molecule is CC(C)NC(=O)CC[C@H](NS(=O)(=O)c1ccc(-c2ccccc2)cc1)C(=O)O. The number of nitrogens with one attached hydrogen (secondary N) is 2. The highest BCUT2D eigenvalue weighted by atomic mass is 32.2. The quantitative estimate of drug-likeness (QED) is 0.594. The monoisotopic (exact) mass is 404 g/mol. The van der Waals surface area contributed by atoms with Gasteiger partial charge in [-0.2, -0.15) is 4.72 Å². The van der Waals surface area contributed by atoms with Crippen LogP contribution < -0.4 is 10.0 Å². The predicted octanol–water partition coefficient (Wildman–Crippen LogP) is 2.39. The minimum atomic E-state index is -4.04. The molecule has 2 aromatic rings. The van der Waals surface area contributed by atoms with Crippen LogP contribution in [0.3, 0.4) is 0 Å². The van der Waals surface area contributed by atoms with Gasteiger partial charge in [-0.15, -0.1) is 0 Å². The third-order valence-corrected chi connectivity index (χ3v) is 5.46. The fraction of sp³-hybridized carbons (Fsp3) is 0.300. The Bertz CT molecular complexity index is 909. The second-order valence-corrected chi connectivity index (χ2v) is 8.38. The van der Waals surface area contributed by atoms with E-state index in [1.165, 1.54) is 12.1 Å². The van der Waals surface area contributed by atoms with E-state index < -0.39 is 22.0 Å². The molecule has 0 heterocycles. The van der Waals surface area contributed by atoms with Gasteiger partial charge in [0, 0.05) is 12.5 Å². The molecule has 0 fully saturated rings. The number of aliphatic carboxylic acids is 1. The van der Waals surface area contributed by atoms with Gasteiger partial charge < -0.3 is 10.4 Å². The zero-order chi connectivity index (χ0) is 20.7. The summed E-state index contributed by atoms with van der Waals surface area (Å²) in [7, 11) is -4.04. The highest BCUT2D eigenvalue weighted by Crippen LogP contribution is 2.21. The van der Waals surface area contributed by atoms with Crippen molar-refractivity contribution < 1.29 is 23.1 Å². The normalized spacial score (nSPS) is 12.5. The van der Waals surface area contributed by atoms with Crippen LogP contribution in [0.15, 0.2) is 59.5 Å². The molecule has 0 aliphatic heterocycles. The first-order valence-corrected chi connectivity index (χ1v) is 10.4. The van der Waals surface area contributed by atoms with E-state index in [9.17, 15) is 23.1 Å². The van der Waals surface area contributed by atoms with Crippen LogP contribution in [0.4, 0.5) is 0 Å². The van der Waals surface area contributed by atoms with Crippen LogP contribution in [0.1, 0.15) is 26.7 Å². The molecule has 7 nitrogen and oxygen atoms in total. The molecule has 0 saturated heterocycles. The minimum Gasteiger partial charge on any atom is -0.480 e. The summed E-state index contributed by atoms with van der Waals surface area (Å²) >= 11 is 0. The van der Waals surface area contributed by atoms with Gasteiger partial charge in [0.2, 0.25) is 15.9 Å². The number of hydrogen-bond acceptors (Lipinski definition) is 4. The van der Waals surface area contributed by atoms with Gasteiger partial charge in [0.05, 0.1) is 4.90 Å². The van der Waals surface area contributed by atoms with Gasteiger partial charge in [-0.25, -0.2) is 8.42 Å². The van der Waals surface area contributed by atoms with Crippen molar-refractivity contribution in [1.29, 1.82) is 0 Å². The number of carboxylic acid groups (broad SMARTS) is 1. The van der Waals surface area contributed by atoms with Crippen LogP contribution in [0, 0.1) is 0 Å². The summed E-state index contributed by atoms with van der Waals surface area (Å²) in [5, 5.41) is 12.0. The van der Waals surface area contributed by atoms with Crippen LogP contribution in [0.5, 0.6) is 0 Å². The lowest BCUT2D eigenvalue weighted by atomic mass is 10.1. The Kier molecular flexibility index (Phi) is 7.31. The lowest BCUT2D eigenvalue weighted by molar-refractivity contribution is -0.139. The highest BCUT2D eigenvalue weighted by molar-refractivity contribution is 7.89. The van der Waals surface area contributed by atoms with E-state index in [1.54, 1.807) is 26.0 Å². The molecule has 0 unspecified atom stereocenters. The smallest absolute Gasteiger partial charge is 0.321 e. The van der Waals surface area contributed by atoms with E-state index in [0.29, 0.717) is 0 Å². The van der Waals surface area contributed by atoms with Crippen LogP contribution in [-0.2, 0) is 19.6 Å². The van der Waals surface area contributed by atoms with Crippen LogP contribution in [0.25, 0.3) is 11.1 Å². The van der Waals surface area contributed by atoms with Gasteiger partial charge in [0.25, 0.3) is 0 Å². The first-order chi connectivity index (χ1) is 13.2. The Morgan fingerprint density at radius 3 is 2.07 bits per heavy atom. The molecule has 0 spiro atoms. The van der Waals surface area contributed by atoms with E-state index in [0.717, 1.165) is 11.1 Å². The summed E-state index contributed by atoms with van der Waals surface area (Å²) < 4.78 is 27.3. The Balaban J connectivity index is 2.09. The topological polar surface area (TPSA) is 113 Å². The van der Waals surface area contributed by atoms with Crippen molar-refractivity contribution in [3.8, 4) is 11.1 Å². The molecule has 0 aliphatic carbocycles. The van der Waals surface area contributed by atoms with E-state index in [2.05, 4.69) is 10.0 Å². The van der Waals surface area contributed by atoms with Gasteiger partial charge in [-0.05, 0) is 43.5 Å². The molecule has 0 saturated carbocycles. The van der Waals surface area contributed by atoms with Crippen molar-refractivity contribution in [3.05, 3.63) is 54.6 Å². The molecule has 8 heteroatoms. The summed E-state index contributed by atoms with van der Waals surface area (Å²) in [6.07, 6.45) is -0.236. The zero-order valence-corrected chi connectivity index (χ0v) is 16.6. The molecule has 150 valence electrons. The fourth-order valence-electron chi connectivity index (χ4n) is 2.61. The molecule has 1 atom stereocenters. The van der Waals surface area contributed by atoms with Gasteiger partial charge in [0.15, 0.2) is 0 Å². The van der Waals surface area contributed by atoms with Crippen molar-refractivity contribution in [2.45, 2.75) is 43.7 Å². The molecule has 3 N–H and O–H groups in total. The number of benzene rings is 2. The van der Waals surface area contributed by atoms with E-state index >= 15 is 0 Å². The van der Waals surface area contributed by atoms with Gasteiger partial charge >= 0.3 is 5.97 Å². The summed E-state index contributed by atoms with van der Waals surface area (Å²) in [6, 6.07) is 14.2. The Morgan fingerprint density at radius 2 is 1.54 bits per heavy atom. The Hall–Kier alpha value is -2.71. The Morgan fingerprint density at radius 1 is 0.964 bits per heavy atom. The Labute approximate surface area is 164 Å². The molecule has 28 heavy (non-hydrogen) atoms. The van der Waals surface area contributed by atoms with Crippen molar-refractivity contribution >= 4 is 21.9 Å². The number of rotatable bonds is 9. The lowest BCUT2D eigenvalue weighted by Crippen LogP contribution is -2.42. The van der Waals surface area contributed by atoms with Crippen LogP contribution in [0.2, 0.25) is 0 Å². The average molecular weight is 404 g/mol. The van der Waals surface area contributed by atoms with Gasteiger partial charge in [-0.1, -0.05) is 42.5 Å². The first-order valence-electron chi connectivity index (χ1n) is 8.89. The largest absolute Gasteiger partial charge is 0.480 e. The highest BCUT2D eigenvalue weighted by Gasteiger charge is 2.26. The molecule has 0 radical (unpaired) electrons. The predicted molar refractivity (Wildman–Crippen MR) is 106 cm³/mol. The van der Waals surface area contributed by atoms with Gasteiger partial charge in [0.1, 0.15) is 6.04 Å². The lowest BCUT2D eigenvalue weighted by Gasteiger charge is -2.15. The summed E-state index contributed by atoms with van der Waals surface area (Å²) in [4.78, 5) is 23.1. The minimum absolute atomic E-state index is 0.0370. The number of sulfonamides is 1. The molecule has 2 rings (SSSR count). The van der Waals surface area contributed by atoms with Crippen LogP contribution >= 0.6 is 0 Å². The number of carbonyl (C=O) groups excluding carboxylic acids is 1. The number of carboxylic acids is 1. The standard InChI is InChI=1S/C20H24N2O5S/c1-14(2)21-19(23)13-12-18(20(24)25)22-28(26,27)17-10-8-16(9-11-17)15-6-4-3-5-7-15/h3-11,14,18,22H,12-13H2,1-2H3,(H,21,23)(H,24,25)/t18-/m0/s1. The van der Waals surface area contributed by atoms with Crippen molar-refractivity contribution in [2.75, 3.05) is 0 Å². The summed E-state index contributed by atoms with van der Waals surface area (Å²) in [5.74, 6) is -1.66. The molecule has 0 aromatic heterocycles. The van der Waals surface area contributed by atoms with Crippen molar-refractivity contribution in [3.63, 3.8) is 0 Å². The average Bonchev–Trinajstić information content (AvgIpc) is 2.65. The second-order valence-electron chi connectivity index (χ2n) is 6.66. The first kappa shape index (κ1) is 21.6. The number of amides is 1.